The Balaban J connectivity index is 1.78. The Morgan fingerprint density at radius 2 is 1.82 bits per heavy atom. The highest BCUT2D eigenvalue weighted by atomic mass is 79.9. The largest absolute Gasteiger partial charge is 0.399 e. The van der Waals surface area contributed by atoms with Crippen LogP contribution in [0.25, 0.3) is 0 Å². The molecule has 0 saturated carbocycles. The van der Waals surface area contributed by atoms with E-state index in [1.807, 2.05) is 24.3 Å². The second-order valence-electron chi connectivity index (χ2n) is 4.71. The highest BCUT2D eigenvalue weighted by molar-refractivity contribution is 9.10. The van der Waals surface area contributed by atoms with Crippen LogP contribution in [0.1, 0.15) is 15.9 Å². The second-order valence-corrected chi connectivity index (χ2v) is 5.63. The van der Waals surface area contributed by atoms with E-state index in [0.717, 1.165) is 10.0 Å². The maximum absolute atomic E-state index is 11.8. The van der Waals surface area contributed by atoms with Gasteiger partial charge in [-0.3, -0.25) is 10.1 Å². The maximum atomic E-state index is 11.8. The molecule has 2 rings (SSSR count). The van der Waals surface area contributed by atoms with Gasteiger partial charge in [0.25, 0.3) is 5.91 Å². The predicted molar refractivity (Wildman–Crippen MR) is 89.6 cm³/mol. The van der Waals surface area contributed by atoms with Gasteiger partial charge < -0.3 is 11.1 Å². The first kappa shape index (κ1) is 16.0. The number of anilines is 1. The summed E-state index contributed by atoms with van der Waals surface area (Å²) in [6, 6.07) is 13.7. The van der Waals surface area contributed by atoms with Crippen molar-refractivity contribution in [1.29, 1.82) is 0 Å². The average Bonchev–Trinajstić information content (AvgIpc) is 2.48. The molecule has 5 nitrogen and oxygen atoms in total. The zero-order valence-corrected chi connectivity index (χ0v) is 13.4. The van der Waals surface area contributed by atoms with E-state index in [-0.39, 0.29) is 0 Å². The van der Waals surface area contributed by atoms with Crippen LogP contribution in [0.5, 0.6) is 0 Å². The molecule has 0 spiro atoms. The summed E-state index contributed by atoms with van der Waals surface area (Å²) in [5.74, 6) is -0.458. The van der Waals surface area contributed by atoms with E-state index < -0.39 is 11.9 Å². The molecule has 0 heterocycles. The van der Waals surface area contributed by atoms with Gasteiger partial charge in [-0.05, 0) is 48.4 Å². The predicted octanol–water partition coefficient (Wildman–Crippen LogP) is 2.71. The summed E-state index contributed by atoms with van der Waals surface area (Å²) in [4.78, 5) is 23.5. The molecule has 2 aromatic rings. The van der Waals surface area contributed by atoms with Crippen LogP contribution in [0, 0.1) is 0 Å². The van der Waals surface area contributed by atoms with Gasteiger partial charge in [0.05, 0.1) is 0 Å². The maximum Gasteiger partial charge on any atom is 0.321 e. The fraction of sp³-hybridized carbons (Fsp3) is 0.125. The summed E-state index contributed by atoms with van der Waals surface area (Å²) in [5.41, 5.74) is 7.59. The number of nitrogens with one attached hydrogen (secondary N) is 2. The number of nitrogens with two attached hydrogens (primary N) is 1. The van der Waals surface area contributed by atoms with Crippen LogP contribution < -0.4 is 16.4 Å². The second kappa shape index (κ2) is 7.61. The van der Waals surface area contributed by atoms with Crippen LogP contribution in [0.3, 0.4) is 0 Å². The first-order valence-electron chi connectivity index (χ1n) is 6.74. The van der Waals surface area contributed by atoms with Crippen LogP contribution in [-0.4, -0.2) is 18.5 Å². The van der Waals surface area contributed by atoms with Gasteiger partial charge in [-0.15, -0.1) is 0 Å². The van der Waals surface area contributed by atoms with E-state index in [1.165, 1.54) is 0 Å². The van der Waals surface area contributed by atoms with E-state index in [1.54, 1.807) is 24.3 Å². The van der Waals surface area contributed by atoms with Crippen molar-refractivity contribution >= 4 is 33.6 Å². The normalized spacial score (nSPS) is 10.0. The van der Waals surface area contributed by atoms with Gasteiger partial charge in [0.15, 0.2) is 0 Å². The highest BCUT2D eigenvalue weighted by Crippen LogP contribution is 2.11. The average molecular weight is 362 g/mol. The third-order valence-electron chi connectivity index (χ3n) is 2.99. The summed E-state index contributed by atoms with van der Waals surface area (Å²) >= 11 is 3.39. The number of amides is 3. The van der Waals surface area contributed by atoms with Crippen molar-refractivity contribution < 1.29 is 9.59 Å². The molecule has 3 amide bonds. The van der Waals surface area contributed by atoms with Gasteiger partial charge in [-0.2, -0.15) is 0 Å². The summed E-state index contributed by atoms with van der Waals surface area (Å²) in [6.45, 7) is 0.442. The molecular weight excluding hydrogens is 346 g/mol. The highest BCUT2D eigenvalue weighted by Gasteiger charge is 2.09. The molecule has 114 valence electrons. The smallest absolute Gasteiger partial charge is 0.321 e. The van der Waals surface area contributed by atoms with Crippen molar-refractivity contribution in [3.05, 3.63) is 64.1 Å². The Morgan fingerprint density at radius 3 is 2.50 bits per heavy atom. The lowest BCUT2D eigenvalue weighted by atomic mass is 10.1. The standard InChI is InChI=1S/C16H16BrN3O2/c17-13-3-1-2-11(10-13)8-9-19-16(22)20-15(21)12-4-6-14(18)7-5-12/h1-7,10H,8-9,18H2,(H2,19,20,21,22). The van der Waals surface area contributed by atoms with E-state index in [4.69, 9.17) is 5.73 Å². The minimum absolute atomic E-state index is 0.385. The summed E-state index contributed by atoms with van der Waals surface area (Å²) in [7, 11) is 0. The molecule has 0 saturated heterocycles. The number of nitrogen functional groups attached to an aromatic ring is 1. The Kier molecular flexibility index (Phi) is 5.55. The van der Waals surface area contributed by atoms with Crippen molar-refractivity contribution in [3.8, 4) is 0 Å². The van der Waals surface area contributed by atoms with Crippen molar-refractivity contribution in [2.75, 3.05) is 12.3 Å². The Bertz CT molecular complexity index is 671. The number of hydrogen-bond acceptors (Lipinski definition) is 3. The molecule has 0 aliphatic heterocycles. The first-order valence-corrected chi connectivity index (χ1v) is 7.53. The lowest BCUT2D eigenvalue weighted by Gasteiger charge is -2.07. The van der Waals surface area contributed by atoms with Crippen LogP contribution in [0.2, 0.25) is 0 Å². The van der Waals surface area contributed by atoms with E-state index >= 15 is 0 Å². The molecular formula is C16H16BrN3O2. The Hall–Kier alpha value is -2.34. The van der Waals surface area contributed by atoms with Gasteiger partial charge in [0, 0.05) is 22.3 Å². The minimum atomic E-state index is -0.517. The van der Waals surface area contributed by atoms with Crippen molar-refractivity contribution in [2.24, 2.45) is 0 Å². The monoisotopic (exact) mass is 361 g/mol. The lowest BCUT2D eigenvalue weighted by Crippen LogP contribution is -2.40. The molecule has 2 aromatic carbocycles. The number of rotatable bonds is 4. The Labute approximate surface area is 137 Å². The molecule has 0 aliphatic carbocycles. The van der Waals surface area contributed by atoms with Gasteiger partial charge in [-0.1, -0.05) is 28.1 Å². The van der Waals surface area contributed by atoms with Gasteiger partial charge in [-0.25, -0.2) is 4.79 Å². The molecule has 0 bridgehead atoms. The number of carbonyl (C=O) groups is 2. The molecule has 6 heteroatoms. The first-order chi connectivity index (χ1) is 10.5. The number of carbonyl (C=O) groups excluding carboxylic acids is 2. The van der Waals surface area contributed by atoms with Crippen LogP contribution in [0.4, 0.5) is 10.5 Å². The topological polar surface area (TPSA) is 84.2 Å². The van der Waals surface area contributed by atoms with Gasteiger partial charge in [0.1, 0.15) is 0 Å². The number of urea groups is 1. The molecule has 0 fully saturated rings. The molecule has 0 aliphatic rings. The quantitative estimate of drug-likeness (QED) is 0.732. The zero-order chi connectivity index (χ0) is 15.9. The van der Waals surface area contributed by atoms with Crippen molar-refractivity contribution in [1.82, 2.24) is 10.6 Å². The summed E-state index contributed by atoms with van der Waals surface area (Å²) in [5, 5.41) is 4.93. The lowest BCUT2D eigenvalue weighted by molar-refractivity contribution is 0.0964. The number of benzene rings is 2. The van der Waals surface area contributed by atoms with E-state index in [0.29, 0.717) is 24.2 Å². The fourth-order valence-corrected chi connectivity index (χ4v) is 2.31. The Morgan fingerprint density at radius 1 is 1.09 bits per heavy atom. The molecule has 0 atom stereocenters. The number of hydrogen-bond donors (Lipinski definition) is 3. The summed E-state index contributed by atoms with van der Waals surface area (Å²) < 4.78 is 0.993. The third kappa shape index (κ3) is 4.89. The zero-order valence-electron chi connectivity index (χ0n) is 11.8. The van der Waals surface area contributed by atoms with E-state index in [2.05, 4.69) is 26.6 Å². The van der Waals surface area contributed by atoms with Crippen molar-refractivity contribution in [2.45, 2.75) is 6.42 Å². The number of imide groups is 1. The summed E-state index contributed by atoms with van der Waals surface area (Å²) in [6.07, 6.45) is 0.683. The van der Waals surface area contributed by atoms with Gasteiger partial charge in [0.2, 0.25) is 0 Å². The fourth-order valence-electron chi connectivity index (χ4n) is 1.87. The SMILES string of the molecule is Nc1ccc(C(=O)NC(=O)NCCc2cccc(Br)c2)cc1. The van der Waals surface area contributed by atoms with Crippen molar-refractivity contribution in [3.63, 3.8) is 0 Å². The van der Waals surface area contributed by atoms with E-state index in [9.17, 15) is 9.59 Å². The molecule has 0 radical (unpaired) electrons. The van der Waals surface area contributed by atoms with Crippen LogP contribution in [-0.2, 0) is 6.42 Å². The number of halogens is 1. The van der Waals surface area contributed by atoms with Gasteiger partial charge >= 0.3 is 6.03 Å². The molecule has 0 aromatic heterocycles. The van der Waals surface area contributed by atoms with Crippen LogP contribution >= 0.6 is 15.9 Å². The van der Waals surface area contributed by atoms with Crippen LogP contribution in [0.15, 0.2) is 53.0 Å². The third-order valence-corrected chi connectivity index (χ3v) is 3.48. The molecule has 4 N–H and O–H groups in total. The molecule has 0 unspecified atom stereocenters. The minimum Gasteiger partial charge on any atom is -0.399 e. The molecule has 22 heavy (non-hydrogen) atoms.